The van der Waals surface area contributed by atoms with Gasteiger partial charge in [-0.25, -0.2) is 4.98 Å². The third-order valence-corrected chi connectivity index (χ3v) is 1.82. The average molecular weight is 155 g/mol. The van der Waals surface area contributed by atoms with E-state index in [2.05, 4.69) is 4.98 Å². The highest BCUT2D eigenvalue weighted by atomic mass is 32.1. The lowest BCUT2D eigenvalue weighted by atomic mass is 10.4. The van der Waals surface area contributed by atoms with E-state index in [1.807, 2.05) is 18.4 Å². The Morgan fingerprint density at radius 1 is 1.80 bits per heavy atom. The van der Waals surface area contributed by atoms with Crippen LogP contribution in [0.5, 0.6) is 0 Å². The van der Waals surface area contributed by atoms with Crippen molar-refractivity contribution in [3.05, 3.63) is 22.2 Å². The van der Waals surface area contributed by atoms with Crippen LogP contribution in [-0.4, -0.2) is 16.7 Å². The lowest BCUT2D eigenvalue weighted by molar-refractivity contribution is 0.343. The molecule has 0 fully saturated rings. The molecule has 0 bridgehead atoms. The second kappa shape index (κ2) is 3.49. The van der Waals surface area contributed by atoms with Crippen molar-refractivity contribution in [2.45, 2.75) is 6.92 Å². The van der Waals surface area contributed by atoms with E-state index >= 15 is 0 Å². The topological polar surface area (TPSA) is 33.1 Å². The van der Waals surface area contributed by atoms with E-state index in [-0.39, 0.29) is 6.61 Å². The van der Waals surface area contributed by atoms with Crippen LogP contribution in [0.2, 0.25) is 0 Å². The standard InChI is InChI=1S/C7H9NOS/c1-6-8-7(5-10-6)3-2-4-9/h2-3,5,9H,4H2,1H3/b3-2+. The summed E-state index contributed by atoms with van der Waals surface area (Å²) in [6.45, 7) is 2.04. The molecule has 1 N–H and O–H groups in total. The van der Waals surface area contributed by atoms with Crippen LogP contribution in [-0.2, 0) is 0 Å². The Morgan fingerprint density at radius 3 is 3.10 bits per heavy atom. The molecule has 0 aliphatic carbocycles. The highest BCUT2D eigenvalue weighted by molar-refractivity contribution is 7.09. The van der Waals surface area contributed by atoms with E-state index in [9.17, 15) is 0 Å². The summed E-state index contributed by atoms with van der Waals surface area (Å²) < 4.78 is 0. The van der Waals surface area contributed by atoms with E-state index in [0.717, 1.165) is 10.7 Å². The van der Waals surface area contributed by atoms with Gasteiger partial charge in [-0.1, -0.05) is 6.08 Å². The summed E-state index contributed by atoms with van der Waals surface area (Å²) in [5.74, 6) is 0. The summed E-state index contributed by atoms with van der Waals surface area (Å²) in [6.07, 6.45) is 3.48. The molecule has 0 saturated carbocycles. The van der Waals surface area contributed by atoms with Crippen molar-refractivity contribution in [3.63, 3.8) is 0 Å². The number of nitrogens with zero attached hydrogens (tertiary/aromatic N) is 1. The molecule has 3 heteroatoms. The normalized spacial score (nSPS) is 11.0. The summed E-state index contributed by atoms with van der Waals surface area (Å²) in [6, 6.07) is 0. The fourth-order valence-electron chi connectivity index (χ4n) is 0.630. The summed E-state index contributed by atoms with van der Waals surface area (Å²) >= 11 is 1.61. The predicted octanol–water partition coefficient (Wildman–Crippen LogP) is 1.46. The lowest BCUT2D eigenvalue weighted by Crippen LogP contribution is -1.73. The van der Waals surface area contributed by atoms with Gasteiger partial charge in [0.25, 0.3) is 0 Å². The molecule has 0 amide bonds. The SMILES string of the molecule is Cc1nc(/C=C/CO)cs1. The van der Waals surface area contributed by atoms with Crippen molar-refractivity contribution in [1.29, 1.82) is 0 Å². The molecule has 0 saturated heterocycles. The largest absolute Gasteiger partial charge is 0.392 e. The molecule has 0 spiro atoms. The van der Waals surface area contributed by atoms with Crippen molar-refractivity contribution in [3.8, 4) is 0 Å². The van der Waals surface area contributed by atoms with Crippen molar-refractivity contribution in [2.75, 3.05) is 6.61 Å². The van der Waals surface area contributed by atoms with Gasteiger partial charge < -0.3 is 5.11 Å². The fourth-order valence-corrected chi connectivity index (χ4v) is 1.21. The second-order valence-corrected chi connectivity index (χ2v) is 2.94. The van der Waals surface area contributed by atoms with Gasteiger partial charge in [0.2, 0.25) is 0 Å². The minimum absolute atomic E-state index is 0.0799. The van der Waals surface area contributed by atoms with Crippen molar-refractivity contribution >= 4 is 17.4 Å². The van der Waals surface area contributed by atoms with Crippen LogP contribution in [0.15, 0.2) is 11.5 Å². The Hall–Kier alpha value is -0.670. The molecule has 1 aromatic heterocycles. The van der Waals surface area contributed by atoms with Crippen LogP contribution in [0.3, 0.4) is 0 Å². The van der Waals surface area contributed by atoms with Crippen LogP contribution in [0.25, 0.3) is 6.08 Å². The molecule has 2 nitrogen and oxygen atoms in total. The summed E-state index contributed by atoms with van der Waals surface area (Å²) in [7, 11) is 0. The monoisotopic (exact) mass is 155 g/mol. The smallest absolute Gasteiger partial charge is 0.0901 e. The summed E-state index contributed by atoms with van der Waals surface area (Å²) in [5, 5.41) is 11.4. The Balaban J connectivity index is 2.67. The first kappa shape index (κ1) is 7.44. The predicted molar refractivity (Wildman–Crippen MR) is 43.0 cm³/mol. The quantitative estimate of drug-likeness (QED) is 0.701. The molecule has 0 aliphatic rings. The van der Waals surface area contributed by atoms with Gasteiger partial charge in [-0.15, -0.1) is 11.3 Å². The van der Waals surface area contributed by atoms with Gasteiger partial charge in [0.1, 0.15) is 0 Å². The number of hydrogen-bond acceptors (Lipinski definition) is 3. The molecule has 0 atom stereocenters. The van der Waals surface area contributed by atoms with Crippen LogP contribution in [0.1, 0.15) is 10.7 Å². The van der Waals surface area contributed by atoms with Gasteiger partial charge in [-0.3, -0.25) is 0 Å². The minimum Gasteiger partial charge on any atom is -0.392 e. The third kappa shape index (κ3) is 1.93. The third-order valence-electron chi connectivity index (χ3n) is 1.03. The Kier molecular flexibility index (Phi) is 2.59. The first-order valence-corrected chi connectivity index (χ1v) is 3.90. The highest BCUT2D eigenvalue weighted by Gasteiger charge is 1.90. The zero-order valence-electron chi connectivity index (χ0n) is 5.74. The molecular formula is C7H9NOS. The van der Waals surface area contributed by atoms with Crippen LogP contribution in [0.4, 0.5) is 0 Å². The maximum atomic E-state index is 8.42. The average Bonchev–Trinajstić information content (AvgIpc) is 2.31. The van der Waals surface area contributed by atoms with Crippen LogP contribution in [0, 0.1) is 6.92 Å². The van der Waals surface area contributed by atoms with Crippen molar-refractivity contribution < 1.29 is 5.11 Å². The molecule has 0 unspecified atom stereocenters. The molecule has 0 radical (unpaired) electrons. The molecule has 1 heterocycles. The molecular weight excluding hydrogens is 146 g/mol. The Morgan fingerprint density at radius 2 is 2.60 bits per heavy atom. The van der Waals surface area contributed by atoms with E-state index in [4.69, 9.17) is 5.11 Å². The maximum Gasteiger partial charge on any atom is 0.0901 e. The number of aromatic nitrogens is 1. The Labute approximate surface area is 63.9 Å². The fraction of sp³-hybridized carbons (Fsp3) is 0.286. The number of aliphatic hydroxyl groups excluding tert-OH is 1. The lowest BCUT2D eigenvalue weighted by Gasteiger charge is -1.79. The molecule has 0 aliphatic heterocycles. The van der Waals surface area contributed by atoms with Gasteiger partial charge in [-0.2, -0.15) is 0 Å². The number of hydrogen-bond donors (Lipinski definition) is 1. The van der Waals surface area contributed by atoms with Crippen molar-refractivity contribution in [2.24, 2.45) is 0 Å². The summed E-state index contributed by atoms with van der Waals surface area (Å²) in [4.78, 5) is 4.17. The molecule has 1 aromatic rings. The van der Waals surface area contributed by atoms with E-state index < -0.39 is 0 Å². The summed E-state index contributed by atoms with van der Waals surface area (Å²) in [5.41, 5.74) is 0.927. The zero-order chi connectivity index (χ0) is 7.40. The van der Waals surface area contributed by atoms with E-state index in [0.29, 0.717) is 0 Å². The van der Waals surface area contributed by atoms with E-state index in [1.54, 1.807) is 17.4 Å². The van der Waals surface area contributed by atoms with Gasteiger partial charge in [-0.05, 0) is 13.0 Å². The molecule has 10 heavy (non-hydrogen) atoms. The van der Waals surface area contributed by atoms with Crippen LogP contribution >= 0.6 is 11.3 Å². The van der Waals surface area contributed by atoms with E-state index in [1.165, 1.54) is 0 Å². The number of rotatable bonds is 2. The first-order chi connectivity index (χ1) is 4.83. The zero-order valence-corrected chi connectivity index (χ0v) is 6.56. The van der Waals surface area contributed by atoms with Crippen LogP contribution < -0.4 is 0 Å². The maximum absolute atomic E-state index is 8.42. The second-order valence-electron chi connectivity index (χ2n) is 1.88. The van der Waals surface area contributed by atoms with Gasteiger partial charge >= 0.3 is 0 Å². The first-order valence-electron chi connectivity index (χ1n) is 3.02. The molecule has 54 valence electrons. The van der Waals surface area contributed by atoms with Crippen molar-refractivity contribution in [1.82, 2.24) is 4.98 Å². The number of aryl methyl sites for hydroxylation is 1. The van der Waals surface area contributed by atoms with Gasteiger partial charge in [0, 0.05) is 5.38 Å². The molecule has 0 aromatic carbocycles. The van der Waals surface area contributed by atoms with Gasteiger partial charge in [0.05, 0.1) is 17.3 Å². The molecule has 1 rings (SSSR count). The minimum atomic E-state index is 0.0799. The Bertz CT molecular complexity index is 229. The number of thiazole rings is 1. The highest BCUT2D eigenvalue weighted by Crippen LogP contribution is 2.08. The van der Waals surface area contributed by atoms with Gasteiger partial charge in [0.15, 0.2) is 0 Å². The number of aliphatic hydroxyl groups is 1.